The molecule has 0 bridgehead atoms. The lowest BCUT2D eigenvalue weighted by atomic mass is 9.66. The highest BCUT2D eigenvalue weighted by molar-refractivity contribution is 5.81. The third-order valence-corrected chi connectivity index (χ3v) is 4.94. The molecule has 4 heteroatoms. The minimum atomic E-state index is -0.895. The fourth-order valence-electron chi connectivity index (χ4n) is 2.97. The summed E-state index contributed by atoms with van der Waals surface area (Å²) >= 11 is 0. The monoisotopic (exact) mass is 276 g/mol. The largest absolute Gasteiger partial charge is 0.481 e. The van der Waals surface area contributed by atoms with Crippen LogP contribution >= 0.6 is 0 Å². The van der Waals surface area contributed by atoms with E-state index in [1.165, 1.54) is 0 Å². The molecule has 1 aromatic carbocycles. The van der Waals surface area contributed by atoms with Gasteiger partial charge in [0, 0.05) is 0 Å². The van der Waals surface area contributed by atoms with Crippen LogP contribution in [0.3, 0.4) is 0 Å². The Bertz CT molecular complexity index is 521. The first kappa shape index (κ1) is 14.6. The van der Waals surface area contributed by atoms with Gasteiger partial charge in [-0.25, -0.2) is 0 Å². The predicted octanol–water partition coefficient (Wildman–Crippen LogP) is 3.12. The molecule has 1 fully saturated rings. The Morgan fingerprint density at radius 1 is 1.20 bits per heavy atom. The average molecular weight is 276 g/mol. The van der Waals surface area contributed by atoms with Crippen LogP contribution in [0.2, 0.25) is 0 Å². The number of benzene rings is 1. The Morgan fingerprint density at radius 3 is 2.30 bits per heavy atom. The predicted molar refractivity (Wildman–Crippen MR) is 74.3 cm³/mol. The van der Waals surface area contributed by atoms with Crippen molar-refractivity contribution in [3.63, 3.8) is 0 Å². The highest BCUT2D eigenvalue weighted by Gasteiger charge is 2.58. The molecule has 0 aromatic heterocycles. The van der Waals surface area contributed by atoms with Gasteiger partial charge in [0.25, 0.3) is 0 Å². The summed E-state index contributed by atoms with van der Waals surface area (Å²) in [6, 6.07) is 8.87. The van der Waals surface area contributed by atoms with Crippen molar-refractivity contribution in [1.82, 2.24) is 0 Å². The molecule has 20 heavy (non-hydrogen) atoms. The molecule has 2 atom stereocenters. The molecule has 0 aliphatic heterocycles. The fourth-order valence-corrected chi connectivity index (χ4v) is 2.97. The number of aliphatic carboxylic acids is 1. The third-order valence-electron chi connectivity index (χ3n) is 4.94. The molecule has 0 unspecified atom stereocenters. The Hall–Kier alpha value is -1.84. The molecular formula is C16H20O4. The van der Waals surface area contributed by atoms with Gasteiger partial charge in [-0.3, -0.25) is 9.59 Å². The topological polar surface area (TPSA) is 63.6 Å². The fraction of sp³-hybridized carbons (Fsp3) is 0.500. The molecule has 2 rings (SSSR count). The molecule has 1 aromatic rings. The number of carboxylic acid groups (broad SMARTS) is 1. The second-order valence-electron chi connectivity index (χ2n) is 6.18. The molecule has 108 valence electrons. The molecule has 1 N–H and O–H groups in total. The second-order valence-corrected chi connectivity index (χ2v) is 6.18. The zero-order valence-electron chi connectivity index (χ0n) is 12.1. The molecule has 0 heterocycles. The molecule has 0 spiro atoms. The molecule has 0 saturated heterocycles. The lowest BCUT2D eigenvalue weighted by Crippen LogP contribution is -2.43. The summed E-state index contributed by atoms with van der Waals surface area (Å²) < 4.78 is 5.38. The highest BCUT2D eigenvalue weighted by atomic mass is 16.5. The van der Waals surface area contributed by atoms with Crippen molar-refractivity contribution in [3.05, 3.63) is 30.3 Å². The van der Waals surface area contributed by atoms with Crippen LogP contribution in [-0.4, -0.2) is 17.0 Å². The molecular weight excluding hydrogens is 256 g/mol. The quantitative estimate of drug-likeness (QED) is 0.680. The van der Waals surface area contributed by atoms with Gasteiger partial charge in [0.15, 0.2) is 0 Å². The van der Waals surface area contributed by atoms with E-state index in [2.05, 4.69) is 0 Å². The van der Waals surface area contributed by atoms with Crippen LogP contribution in [-0.2, 0) is 9.59 Å². The maximum absolute atomic E-state index is 12.3. The summed E-state index contributed by atoms with van der Waals surface area (Å²) in [7, 11) is 0. The van der Waals surface area contributed by atoms with Gasteiger partial charge in [0.2, 0.25) is 0 Å². The normalized spacial score (nSPS) is 28.1. The van der Waals surface area contributed by atoms with Gasteiger partial charge in [-0.1, -0.05) is 32.0 Å². The van der Waals surface area contributed by atoms with Crippen molar-refractivity contribution in [2.24, 2.45) is 16.7 Å². The number of hydrogen-bond acceptors (Lipinski definition) is 3. The van der Waals surface area contributed by atoms with Crippen LogP contribution < -0.4 is 4.74 Å². The first-order valence-electron chi connectivity index (χ1n) is 6.79. The molecule has 0 radical (unpaired) electrons. The van der Waals surface area contributed by atoms with E-state index in [1.807, 2.05) is 19.9 Å². The minimum absolute atomic E-state index is 0.342. The highest BCUT2D eigenvalue weighted by Crippen LogP contribution is 2.56. The number of hydrogen-bond donors (Lipinski definition) is 1. The van der Waals surface area contributed by atoms with Crippen molar-refractivity contribution in [2.45, 2.75) is 33.6 Å². The number of carbonyl (C=O) groups excluding carboxylic acids is 1. The third kappa shape index (κ3) is 2.19. The van der Waals surface area contributed by atoms with E-state index in [0.29, 0.717) is 18.6 Å². The minimum Gasteiger partial charge on any atom is -0.481 e. The molecule has 4 nitrogen and oxygen atoms in total. The summed E-state index contributed by atoms with van der Waals surface area (Å²) in [6.45, 7) is 5.39. The van der Waals surface area contributed by atoms with Gasteiger partial charge in [-0.2, -0.15) is 0 Å². The number of carbonyl (C=O) groups is 2. The van der Waals surface area contributed by atoms with Crippen molar-refractivity contribution in [3.8, 4) is 5.75 Å². The number of esters is 1. The van der Waals surface area contributed by atoms with Crippen molar-refractivity contribution >= 4 is 11.9 Å². The van der Waals surface area contributed by atoms with Crippen LogP contribution in [0.4, 0.5) is 0 Å². The SMILES string of the molecule is CC1(C)[C@@H](C(=O)Oc2ccccc2)CC[C@@]1(C)C(=O)O. The van der Waals surface area contributed by atoms with Crippen LogP contribution in [0.1, 0.15) is 33.6 Å². The Kier molecular flexibility index (Phi) is 3.59. The Morgan fingerprint density at radius 2 is 1.80 bits per heavy atom. The standard InChI is InChI=1S/C16H20O4/c1-15(2)12(9-10-16(15,3)14(18)19)13(17)20-11-7-5-4-6-8-11/h4-8,12H,9-10H2,1-3H3,(H,18,19)/t12-,16+/m1/s1. The Labute approximate surface area is 118 Å². The van der Waals surface area contributed by atoms with Gasteiger partial charge in [-0.05, 0) is 37.3 Å². The van der Waals surface area contributed by atoms with Crippen LogP contribution in [0.5, 0.6) is 5.75 Å². The van der Waals surface area contributed by atoms with Crippen LogP contribution in [0.25, 0.3) is 0 Å². The first-order chi connectivity index (χ1) is 9.29. The molecule has 0 amide bonds. The average Bonchev–Trinajstić information content (AvgIpc) is 2.63. The van der Waals surface area contributed by atoms with Crippen LogP contribution in [0, 0.1) is 16.7 Å². The van der Waals surface area contributed by atoms with E-state index in [1.54, 1.807) is 31.2 Å². The molecule has 1 aliphatic rings. The maximum atomic E-state index is 12.3. The smallest absolute Gasteiger partial charge is 0.314 e. The first-order valence-corrected chi connectivity index (χ1v) is 6.79. The van der Waals surface area contributed by atoms with Gasteiger partial charge in [-0.15, -0.1) is 0 Å². The lowest BCUT2D eigenvalue weighted by Gasteiger charge is -2.37. The van der Waals surface area contributed by atoms with E-state index in [4.69, 9.17) is 4.74 Å². The number of carboxylic acids is 1. The number of para-hydroxylation sites is 1. The zero-order chi connectivity index (χ0) is 15.0. The van der Waals surface area contributed by atoms with E-state index >= 15 is 0 Å². The summed E-state index contributed by atoms with van der Waals surface area (Å²) in [4.78, 5) is 23.8. The van der Waals surface area contributed by atoms with Gasteiger partial charge < -0.3 is 9.84 Å². The number of ether oxygens (including phenoxy) is 1. The van der Waals surface area contributed by atoms with E-state index in [9.17, 15) is 14.7 Å². The van der Waals surface area contributed by atoms with Crippen molar-refractivity contribution in [2.75, 3.05) is 0 Å². The van der Waals surface area contributed by atoms with Gasteiger partial charge in [0.05, 0.1) is 11.3 Å². The van der Waals surface area contributed by atoms with E-state index in [-0.39, 0.29) is 5.97 Å². The molecule has 1 aliphatic carbocycles. The van der Waals surface area contributed by atoms with Gasteiger partial charge >= 0.3 is 11.9 Å². The second kappa shape index (κ2) is 4.93. The maximum Gasteiger partial charge on any atom is 0.314 e. The van der Waals surface area contributed by atoms with E-state index in [0.717, 1.165) is 0 Å². The summed E-state index contributed by atoms with van der Waals surface area (Å²) in [5.74, 6) is -1.09. The lowest BCUT2D eigenvalue weighted by molar-refractivity contribution is -0.157. The van der Waals surface area contributed by atoms with Crippen molar-refractivity contribution in [1.29, 1.82) is 0 Å². The summed E-state index contributed by atoms with van der Waals surface area (Å²) in [5.41, 5.74) is -1.53. The Balaban J connectivity index is 2.18. The molecule has 1 saturated carbocycles. The zero-order valence-corrected chi connectivity index (χ0v) is 12.1. The summed E-state index contributed by atoms with van der Waals surface area (Å²) in [5, 5.41) is 9.45. The van der Waals surface area contributed by atoms with Gasteiger partial charge in [0.1, 0.15) is 5.75 Å². The van der Waals surface area contributed by atoms with Crippen molar-refractivity contribution < 1.29 is 19.4 Å². The summed E-state index contributed by atoms with van der Waals surface area (Å²) in [6.07, 6.45) is 1.03. The van der Waals surface area contributed by atoms with E-state index < -0.39 is 22.7 Å². The van der Waals surface area contributed by atoms with Crippen LogP contribution in [0.15, 0.2) is 30.3 Å². The number of rotatable bonds is 3.